The number of anilines is 1. The minimum absolute atomic E-state index is 0.267. The van der Waals surface area contributed by atoms with E-state index < -0.39 is 0 Å². The Balaban J connectivity index is 1.96. The van der Waals surface area contributed by atoms with Crippen LogP contribution in [-0.4, -0.2) is 5.11 Å². The Labute approximate surface area is 129 Å². The Morgan fingerprint density at radius 3 is 2.36 bits per heavy atom. The van der Waals surface area contributed by atoms with Crippen molar-refractivity contribution in [2.45, 2.75) is 0 Å². The van der Waals surface area contributed by atoms with Crippen LogP contribution < -0.4 is 5.32 Å². The van der Waals surface area contributed by atoms with Crippen LogP contribution in [0.15, 0.2) is 90.2 Å². The molecule has 2 N–H and O–H groups in total. The molecule has 1 aliphatic heterocycles. The van der Waals surface area contributed by atoms with Crippen molar-refractivity contribution in [3.05, 3.63) is 101 Å². The van der Waals surface area contributed by atoms with E-state index in [1.165, 1.54) is 0 Å². The lowest BCUT2D eigenvalue weighted by molar-refractivity contribution is 0.477. The number of aromatic hydroxyl groups is 1. The molecule has 0 unspecified atom stereocenters. The summed E-state index contributed by atoms with van der Waals surface area (Å²) >= 11 is 0. The number of rotatable bonds is 1. The van der Waals surface area contributed by atoms with Crippen molar-refractivity contribution < 1.29 is 5.11 Å². The predicted molar refractivity (Wildman–Crippen MR) is 90.6 cm³/mol. The maximum absolute atomic E-state index is 10.2. The predicted octanol–water partition coefficient (Wildman–Crippen LogP) is 4.63. The quantitative estimate of drug-likeness (QED) is 0.749. The van der Waals surface area contributed by atoms with Crippen molar-refractivity contribution in [2.24, 2.45) is 0 Å². The topological polar surface area (TPSA) is 32.3 Å². The molecule has 0 atom stereocenters. The smallest absolute Gasteiger partial charge is 0.139 e. The van der Waals surface area contributed by atoms with E-state index in [4.69, 9.17) is 0 Å². The minimum Gasteiger partial charge on any atom is -0.506 e. The average Bonchev–Trinajstić information content (AvgIpc) is 3.10. The van der Waals surface area contributed by atoms with Gasteiger partial charge in [-0.3, -0.25) is 0 Å². The van der Waals surface area contributed by atoms with Crippen LogP contribution in [0.5, 0.6) is 5.75 Å². The van der Waals surface area contributed by atoms with Gasteiger partial charge in [0, 0.05) is 11.3 Å². The molecule has 2 aromatic rings. The van der Waals surface area contributed by atoms with Crippen LogP contribution in [-0.2, 0) is 0 Å². The van der Waals surface area contributed by atoms with Gasteiger partial charge in [-0.15, -0.1) is 0 Å². The van der Waals surface area contributed by atoms with Crippen LogP contribution in [0.3, 0.4) is 0 Å². The molecule has 4 rings (SSSR count). The van der Waals surface area contributed by atoms with E-state index >= 15 is 0 Å². The zero-order chi connectivity index (χ0) is 14.9. The normalized spacial score (nSPS) is 15.5. The van der Waals surface area contributed by atoms with Gasteiger partial charge < -0.3 is 10.4 Å². The summed E-state index contributed by atoms with van der Waals surface area (Å²) in [5.74, 6) is 0.267. The summed E-state index contributed by atoms with van der Waals surface area (Å²) in [7, 11) is 0. The van der Waals surface area contributed by atoms with Gasteiger partial charge in [0.15, 0.2) is 0 Å². The van der Waals surface area contributed by atoms with Gasteiger partial charge in [-0.25, -0.2) is 0 Å². The second-order valence-corrected chi connectivity index (χ2v) is 5.34. The van der Waals surface area contributed by atoms with E-state index in [-0.39, 0.29) is 5.75 Å². The van der Waals surface area contributed by atoms with Crippen molar-refractivity contribution in [1.29, 1.82) is 0 Å². The molecule has 22 heavy (non-hydrogen) atoms. The van der Waals surface area contributed by atoms with Crippen LogP contribution in [0.25, 0.3) is 5.57 Å². The first kappa shape index (κ1) is 12.7. The molecule has 0 bridgehead atoms. The molecule has 0 amide bonds. The maximum atomic E-state index is 10.2. The summed E-state index contributed by atoms with van der Waals surface area (Å²) in [5, 5.41) is 13.6. The fourth-order valence-corrected chi connectivity index (χ4v) is 2.85. The number of allylic oxidation sites excluding steroid dienone is 6. The summed E-state index contributed by atoms with van der Waals surface area (Å²) < 4.78 is 0. The number of para-hydroxylation sites is 1. The highest BCUT2D eigenvalue weighted by molar-refractivity contribution is 5.93. The highest BCUT2D eigenvalue weighted by atomic mass is 16.3. The third-order valence-corrected chi connectivity index (χ3v) is 3.94. The lowest BCUT2D eigenvalue weighted by atomic mass is 9.91. The molecule has 0 aromatic heterocycles. The number of phenols is 1. The fourth-order valence-electron chi connectivity index (χ4n) is 2.85. The number of hydrogen-bond donors (Lipinski definition) is 2. The van der Waals surface area contributed by atoms with Crippen LogP contribution in [0, 0.1) is 0 Å². The van der Waals surface area contributed by atoms with Gasteiger partial charge >= 0.3 is 0 Å². The van der Waals surface area contributed by atoms with Crippen LogP contribution in [0.1, 0.15) is 11.1 Å². The molecule has 0 saturated heterocycles. The lowest BCUT2D eigenvalue weighted by Gasteiger charge is -2.23. The standard InChI is InChI=1S/C20H15NO/c22-19-12-6-11-16-17(14-7-2-1-3-8-14)13-18(21-20(16)19)15-9-4-5-10-15/h1-13,21-22H. The molecular formula is C20H15NO. The number of phenolic OH excluding ortho intramolecular Hbond substituents is 1. The molecule has 106 valence electrons. The maximum Gasteiger partial charge on any atom is 0.139 e. The molecule has 2 heteroatoms. The summed E-state index contributed by atoms with van der Waals surface area (Å²) in [6, 6.07) is 15.9. The zero-order valence-corrected chi connectivity index (χ0v) is 12.0. The number of nitrogens with one attached hydrogen (secondary N) is 1. The second-order valence-electron chi connectivity index (χ2n) is 5.34. The van der Waals surface area contributed by atoms with Crippen molar-refractivity contribution >= 4 is 11.3 Å². The Hall–Kier alpha value is -3.00. The summed E-state index contributed by atoms with van der Waals surface area (Å²) in [4.78, 5) is 0. The third kappa shape index (κ3) is 2.06. The summed E-state index contributed by atoms with van der Waals surface area (Å²) in [6.07, 6.45) is 10.3. The molecule has 2 nitrogen and oxygen atoms in total. The van der Waals surface area contributed by atoms with Crippen molar-refractivity contribution in [3.8, 4) is 5.75 Å². The van der Waals surface area contributed by atoms with E-state index in [9.17, 15) is 5.11 Å². The highest BCUT2D eigenvalue weighted by Gasteiger charge is 2.20. The van der Waals surface area contributed by atoms with Gasteiger partial charge in [0.25, 0.3) is 0 Å². The molecule has 0 fully saturated rings. The largest absolute Gasteiger partial charge is 0.506 e. The van der Waals surface area contributed by atoms with Crippen molar-refractivity contribution in [2.75, 3.05) is 5.32 Å². The van der Waals surface area contributed by atoms with Crippen molar-refractivity contribution in [3.63, 3.8) is 0 Å². The third-order valence-electron chi connectivity index (χ3n) is 3.94. The van der Waals surface area contributed by atoms with Gasteiger partial charge in [-0.2, -0.15) is 0 Å². The van der Waals surface area contributed by atoms with E-state index in [0.717, 1.165) is 33.7 Å². The molecular weight excluding hydrogens is 270 g/mol. The van der Waals surface area contributed by atoms with Gasteiger partial charge in [-0.1, -0.05) is 66.8 Å². The molecule has 1 aliphatic carbocycles. The van der Waals surface area contributed by atoms with E-state index in [0.29, 0.717) is 0 Å². The molecule has 1 heterocycles. The van der Waals surface area contributed by atoms with Gasteiger partial charge in [0.05, 0.1) is 5.69 Å². The van der Waals surface area contributed by atoms with Crippen molar-refractivity contribution in [1.82, 2.24) is 0 Å². The Morgan fingerprint density at radius 2 is 1.59 bits per heavy atom. The van der Waals surface area contributed by atoms with Crippen LogP contribution >= 0.6 is 0 Å². The molecule has 0 radical (unpaired) electrons. The first-order valence-corrected chi connectivity index (χ1v) is 7.28. The van der Waals surface area contributed by atoms with E-state index in [1.54, 1.807) is 6.07 Å². The first-order chi connectivity index (χ1) is 10.8. The van der Waals surface area contributed by atoms with E-state index in [2.05, 4.69) is 35.7 Å². The molecule has 0 saturated carbocycles. The Morgan fingerprint density at radius 1 is 0.818 bits per heavy atom. The fraction of sp³-hybridized carbons (Fsp3) is 0. The summed E-state index contributed by atoms with van der Waals surface area (Å²) in [6.45, 7) is 0. The van der Waals surface area contributed by atoms with Crippen LogP contribution in [0.4, 0.5) is 5.69 Å². The molecule has 2 aromatic carbocycles. The SMILES string of the molecule is Oc1cccc2c1NC(=C1C=CC=C1)C=C2c1ccccc1. The first-order valence-electron chi connectivity index (χ1n) is 7.28. The second kappa shape index (κ2) is 5.08. The number of fused-ring (bicyclic) bond motifs is 1. The number of benzene rings is 2. The summed E-state index contributed by atoms with van der Waals surface area (Å²) in [5.41, 5.74) is 6.14. The molecule has 0 spiro atoms. The number of hydrogen-bond acceptors (Lipinski definition) is 2. The zero-order valence-electron chi connectivity index (χ0n) is 12.0. The highest BCUT2D eigenvalue weighted by Crippen LogP contribution is 2.41. The Kier molecular flexibility index (Phi) is 2.94. The van der Waals surface area contributed by atoms with Gasteiger partial charge in [-0.05, 0) is 28.9 Å². The lowest BCUT2D eigenvalue weighted by Crippen LogP contribution is -2.09. The van der Waals surface area contributed by atoms with Gasteiger partial charge in [0.1, 0.15) is 5.75 Å². The minimum atomic E-state index is 0.267. The molecule has 2 aliphatic rings. The van der Waals surface area contributed by atoms with Crippen LogP contribution in [0.2, 0.25) is 0 Å². The van der Waals surface area contributed by atoms with Gasteiger partial charge in [0.2, 0.25) is 0 Å². The Bertz CT molecular complexity index is 841. The average molecular weight is 285 g/mol. The van der Waals surface area contributed by atoms with E-state index in [1.807, 2.05) is 42.5 Å². The monoisotopic (exact) mass is 285 g/mol.